The number of rotatable bonds is 2. The number of halogens is 4. The van der Waals surface area contributed by atoms with Crippen LogP contribution in [0.5, 0.6) is 0 Å². The zero-order valence-corrected chi connectivity index (χ0v) is 11.5. The smallest absolute Gasteiger partial charge is 0.257 e. The van der Waals surface area contributed by atoms with Gasteiger partial charge in [0.2, 0.25) is 0 Å². The Morgan fingerprint density at radius 2 is 1.83 bits per heavy atom. The molecule has 5 heteroatoms. The van der Waals surface area contributed by atoms with E-state index in [2.05, 4.69) is 20.9 Å². The van der Waals surface area contributed by atoms with Gasteiger partial charge in [-0.1, -0.05) is 22.0 Å². The molecule has 0 N–H and O–H groups in total. The maximum Gasteiger partial charge on any atom is 0.391 e. The first kappa shape index (κ1) is 13.8. The lowest BCUT2D eigenvalue weighted by molar-refractivity contribution is -0.182. The van der Waals surface area contributed by atoms with E-state index < -0.39 is 12.1 Å². The summed E-state index contributed by atoms with van der Waals surface area (Å²) in [5, 5.41) is 0.679. The molecule has 0 bridgehead atoms. The van der Waals surface area contributed by atoms with E-state index in [0.29, 0.717) is 18.2 Å². The van der Waals surface area contributed by atoms with Crippen LogP contribution in [0.1, 0.15) is 43.0 Å². The third kappa shape index (κ3) is 3.25. The van der Waals surface area contributed by atoms with E-state index in [1.54, 1.807) is 0 Å². The second-order valence-corrected chi connectivity index (χ2v) is 5.34. The van der Waals surface area contributed by atoms with Crippen LogP contribution in [0, 0.1) is 5.92 Å². The Hall–Kier alpha value is -0.580. The van der Waals surface area contributed by atoms with E-state index in [1.807, 2.05) is 18.2 Å². The van der Waals surface area contributed by atoms with Crippen LogP contribution >= 0.6 is 15.9 Å². The fourth-order valence-corrected chi connectivity index (χ4v) is 2.83. The molecule has 1 aliphatic carbocycles. The zero-order chi connectivity index (χ0) is 13.2. The summed E-state index contributed by atoms with van der Waals surface area (Å²) in [4.78, 5) is 4.47. The van der Waals surface area contributed by atoms with Crippen LogP contribution in [0.2, 0.25) is 0 Å². The number of alkyl halides is 4. The quantitative estimate of drug-likeness (QED) is 0.712. The standard InChI is InChI=1S/C13H15BrF3N/c14-8-11-2-1-3-12(18-11)9-4-6-10(7-5-9)13(15,16)17/h1-3,9-10H,4-8H2. The molecule has 1 heterocycles. The van der Waals surface area contributed by atoms with Gasteiger partial charge in [0.25, 0.3) is 0 Å². The first-order valence-corrected chi connectivity index (χ1v) is 7.21. The van der Waals surface area contributed by atoms with Crippen molar-refractivity contribution in [1.29, 1.82) is 0 Å². The molecule has 0 atom stereocenters. The highest BCUT2D eigenvalue weighted by Crippen LogP contribution is 2.42. The first-order chi connectivity index (χ1) is 8.50. The molecule has 2 rings (SSSR count). The maximum absolute atomic E-state index is 12.6. The molecule has 1 nitrogen and oxygen atoms in total. The highest BCUT2D eigenvalue weighted by atomic mass is 79.9. The summed E-state index contributed by atoms with van der Waals surface area (Å²) in [5.74, 6) is -0.935. The minimum absolute atomic E-state index is 0.183. The third-order valence-corrected chi connectivity index (χ3v) is 4.15. The second kappa shape index (κ2) is 5.59. The molecule has 1 aliphatic rings. The maximum atomic E-state index is 12.6. The predicted octanol–water partition coefficient (Wildman–Crippen LogP) is 4.81. The lowest BCUT2D eigenvalue weighted by Crippen LogP contribution is -2.27. The Bertz CT molecular complexity index is 397. The Morgan fingerprint density at radius 3 is 2.39 bits per heavy atom. The van der Waals surface area contributed by atoms with Gasteiger partial charge in [0, 0.05) is 16.9 Å². The highest BCUT2D eigenvalue weighted by molar-refractivity contribution is 9.08. The molecule has 18 heavy (non-hydrogen) atoms. The normalized spacial score (nSPS) is 25.1. The van der Waals surface area contributed by atoms with Gasteiger partial charge >= 0.3 is 6.18 Å². The van der Waals surface area contributed by atoms with Crippen molar-refractivity contribution < 1.29 is 13.2 Å². The number of hydrogen-bond acceptors (Lipinski definition) is 1. The van der Waals surface area contributed by atoms with Crippen LogP contribution < -0.4 is 0 Å². The Morgan fingerprint density at radius 1 is 1.17 bits per heavy atom. The average molecular weight is 322 g/mol. The number of aromatic nitrogens is 1. The SMILES string of the molecule is FC(F)(F)C1CCC(c2cccc(CBr)n2)CC1. The Balaban J connectivity index is 2.01. The lowest BCUT2D eigenvalue weighted by Gasteiger charge is -2.29. The van der Waals surface area contributed by atoms with Gasteiger partial charge in [0.1, 0.15) is 0 Å². The van der Waals surface area contributed by atoms with Crippen molar-refractivity contribution >= 4 is 15.9 Å². The van der Waals surface area contributed by atoms with Crippen molar-refractivity contribution in [2.75, 3.05) is 0 Å². The topological polar surface area (TPSA) is 12.9 Å². The molecule has 1 fully saturated rings. The molecule has 1 aromatic rings. The number of nitrogens with zero attached hydrogens (tertiary/aromatic N) is 1. The lowest BCUT2D eigenvalue weighted by atomic mass is 9.80. The molecular formula is C13H15BrF3N. The molecule has 1 saturated carbocycles. The van der Waals surface area contributed by atoms with Gasteiger partial charge in [-0.15, -0.1) is 0 Å². The van der Waals surface area contributed by atoms with E-state index >= 15 is 0 Å². The van der Waals surface area contributed by atoms with E-state index in [4.69, 9.17) is 0 Å². The molecule has 0 saturated heterocycles. The number of pyridine rings is 1. The second-order valence-electron chi connectivity index (χ2n) is 4.78. The Kier molecular flexibility index (Phi) is 4.30. The fraction of sp³-hybridized carbons (Fsp3) is 0.615. The number of hydrogen-bond donors (Lipinski definition) is 0. The van der Waals surface area contributed by atoms with Gasteiger partial charge in [-0.25, -0.2) is 0 Å². The van der Waals surface area contributed by atoms with E-state index in [1.165, 1.54) is 0 Å². The summed E-state index contributed by atoms with van der Waals surface area (Å²) >= 11 is 3.34. The van der Waals surface area contributed by atoms with Crippen molar-refractivity contribution in [2.45, 2.75) is 43.1 Å². The summed E-state index contributed by atoms with van der Waals surface area (Å²) in [5.41, 5.74) is 1.87. The van der Waals surface area contributed by atoms with E-state index in [-0.39, 0.29) is 18.8 Å². The van der Waals surface area contributed by atoms with Gasteiger partial charge < -0.3 is 0 Å². The van der Waals surface area contributed by atoms with Crippen LogP contribution in [-0.4, -0.2) is 11.2 Å². The van der Waals surface area contributed by atoms with Gasteiger partial charge in [0.15, 0.2) is 0 Å². The van der Waals surface area contributed by atoms with Gasteiger partial charge in [-0.3, -0.25) is 4.98 Å². The summed E-state index contributed by atoms with van der Waals surface area (Å²) in [6.07, 6.45) is -2.40. The summed E-state index contributed by atoms with van der Waals surface area (Å²) in [7, 11) is 0. The van der Waals surface area contributed by atoms with Crippen LogP contribution in [0.3, 0.4) is 0 Å². The molecule has 0 aliphatic heterocycles. The minimum atomic E-state index is -4.03. The summed E-state index contributed by atoms with van der Waals surface area (Å²) in [6, 6.07) is 5.76. The molecule has 0 amide bonds. The van der Waals surface area contributed by atoms with Gasteiger partial charge in [-0.2, -0.15) is 13.2 Å². The molecule has 100 valence electrons. The minimum Gasteiger partial charge on any atom is -0.257 e. The molecule has 0 aromatic carbocycles. The molecule has 1 aromatic heterocycles. The van der Waals surface area contributed by atoms with E-state index in [0.717, 1.165) is 11.4 Å². The van der Waals surface area contributed by atoms with E-state index in [9.17, 15) is 13.2 Å². The predicted molar refractivity (Wildman–Crippen MR) is 67.6 cm³/mol. The molecule has 0 spiro atoms. The molecular weight excluding hydrogens is 307 g/mol. The highest BCUT2D eigenvalue weighted by Gasteiger charge is 2.41. The van der Waals surface area contributed by atoms with Gasteiger partial charge in [0.05, 0.1) is 11.6 Å². The summed E-state index contributed by atoms with van der Waals surface area (Å²) in [6.45, 7) is 0. The largest absolute Gasteiger partial charge is 0.391 e. The van der Waals surface area contributed by atoms with Crippen molar-refractivity contribution in [3.8, 4) is 0 Å². The average Bonchev–Trinajstić information content (AvgIpc) is 2.38. The van der Waals surface area contributed by atoms with Gasteiger partial charge in [-0.05, 0) is 37.8 Å². The Labute approximate surface area is 113 Å². The fourth-order valence-electron chi connectivity index (χ4n) is 2.52. The van der Waals surface area contributed by atoms with Crippen LogP contribution in [0.15, 0.2) is 18.2 Å². The van der Waals surface area contributed by atoms with Crippen molar-refractivity contribution in [2.24, 2.45) is 5.92 Å². The van der Waals surface area contributed by atoms with Crippen molar-refractivity contribution in [1.82, 2.24) is 4.98 Å². The first-order valence-electron chi connectivity index (χ1n) is 6.09. The third-order valence-electron chi connectivity index (χ3n) is 3.57. The molecule has 0 radical (unpaired) electrons. The van der Waals surface area contributed by atoms with Crippen LogP contribution in [0.4, 0.5) is 13.2 Å². The van der Waals surface area contributed by atoms with Crippen LogP contribution in [0.25, 0.3) is 0 Å². The monoisotopic (exact) mass is 321 g/mol. The van der Waals surface area contributed by atoms with Crippen molar-refractivity contribution in [3.05, 3.63) is 29.6 Å². The molecule has 0 unspecified atom stereocenters. The van der Waals surface area contributed by atoms with Crippen LogP contribution in [-0.2, 0) is 5.33 Å². The van der Waals surface area contributed by atoms with Crippen molar-refractivity contribution in [3.63, 3.8) is 0 Å². The zero-order valence-electron chi connectivity index (χ0n) is 9.88. The summed E-state index contributed by atoms with van der Waals surface area (Å²) < 4.78 is 37.7.